The Morgan fingerprint density at radius 1 is 1.17 bits per heavy atom. The fourth-order valence-electron chi connectivity index (χ4n) is 2.72. The summed E-state index contributed by atoms with van der Waals surface area (Å²) in [7, 11) is 0. The van der Waals surface area contributed by atoms with E-state index in [0.717, 1.165) is 5.56 Å². The van der Waals surface area contributed by atoms with Gasteiger partial charge in [0, 0.05) is 18.7 Å². The molecule has 120 valence electrons. The molecule has 1 fully saturated rings. The first-order valence-electron chi connectivity index (χ1n) is 7.53. The molecule has 0 aromatic heterocycles. The predicted molar refractivity (Wildman–Crippen MR) is 83.0 cm³/mol. The van der Waals surface area contributed by atoms with Crippen LogP contribution in [-0.2, 0) is 16.1 Å². The molecule has 2 atom stereocenters. The summed E-state index contributed by atoms with van der Waals surface area (Å²) in [6.45, 7) is 1.21. The first-order chi connectivity index (χ1) is 11.2. The molecular formula is C18H18FNO3. The van der Waals surface area contributed by atoms with E-state index in [-0.39, 0.29) is 11.5 Å². The summed E-state index contributed by atoms with van der Waals surface area (Å²) in [5.74, 6) is -0.868. The van der Waals surface area contributed by atoms with Gasteiger partial charge in [-0.15, -0.1) is 0 Å². The molecule has 1 aliphatic rings. The molecule has 1 N–H and O–H groups in total. The van der Waals surface area contributed by atoms with Crippen LogP contribution < -0.4 is 0 Å². The molecule has 3 rings (SSSR count). The van der Waals surface area contributed by atoms with Crippen molar-refractivity contribution in [3.63, 3.8) is 0 Å². The van der Waals surface area contributed by atoms with Gasteiger partial charge in [-0.05, 0) is 11.6 Å². The van der Waals surface area contributed by atoms with E-state index in [1.807, 2.05) is 30.3 Å². The van der Waals surface area contributed by atoms with E-state index in [9.17, 15) is 14.3 Å². The summed E-state index contributed by atoms with van der Waals surface area (Å²) in [6.07, 6.45) is -2.40. The normalized spacial score (nSPS) is 19.7. The largest absolute Gasteiger partial charge is 0.385 e. The lowest BCUT2D eigenvalue weighted by molar-refractivity contribution is -0.164. The van der Waals surface area contributed by atoms with Crippen LogP contribution in [-0.4, -0.2) is 35.2 Å². The first kappa shape index (κ1) is 15.6. The van der Waals surface area contributed by atoms with E-state index < -0.39 is 18.0 Å². The van der Waals surface area contributed by atoms with Gasteiger partial charge >= 0.3 is 0 Å². The molecule has 4 nitrogen and oxygen atoms in total. The lowest BCUT2D eigenvalue weighted by Crippen LogP contribution is -2.49. The number of hydrogen-bond donors (Lipinski definition) is 1. The summed E-state index contributed by atoms with van der Waals surface area (Å²) in [6, 6.07) is 15.5. The summed E-state index contributed by atoms with van der Waals surface area (Å²) in [4.78, 5) is 14.2. The molecule has 1 heterocycles. The van der Waals surface area contributed by atoms with Crippen LogP contribution >= 0.6 is 0 Å². The van der Waals surface area contributed by atoms with Gasteiger partial charge in [-0.2, -0.15) is 0 Å². The summed E-state index contributed by atoms with van der Waals surface area (Å²) in [5, 5.41) is 10.4. The molecule has 0 radical (unpaired) electrons. The van der Waals surface area contributed by atoms with Gasteiger partial charge in [0.05, 0.1) is 6.61 Å². The van der Waals surface area contributed by atoms with Crippen molar-refractivity contribution in [2.75, 3.05) is 13.2 Å². The monoisotopic (exact) mass is 315 g/mol. The topological polar surface area (TPSA) is 49.8 Å². The minimum absolute atomic E-state index is 0.0763. The van der Waals surface area contributed by atoms with Crippen LogP contribution in [0.3, 0.4) is 0 Å². The summed E-state index contributed by atoms with van der Waals surface area (Å²) >= 11 is 0. The molecule has 0 spiro atoms. The molecule has 1 amide bonds. The number of aliphatic hydroxyl groups excluding tert-OH is 1. The highest BCUT2D eigenvalue weighted by Crippen LogP contribution is 2.26. The number of amides is 1. The number of ether oxygens (including phenoxy) is 1. The number of hydrogen-bond acceptors (Lipinski definition) is 3. The Morgan fingerprint density at radius 2 is 1.87 bits per heavy atom. The van der Waals surface area contributed by atoms with Crippen LogP contribution in [0.1, 0.15) is 17.2 Å². The number of rotatable bonds is 4. The number of carbonyl (C=O) groups is 1. The van der Waals surface area contributed by atoms with Crippen LogP contribution in [0.25, 0.3) is 0 Å². The second-order valence-electron chi connectivity index (χ2n) is 5.50. The Morgan fingerprint density at radius 3 is 2.61 bits per heavy atom. The second-order valence-corrected chi connectivity index (χ2v) is 5.50. The van der Waals surface area contributed by atoms with Gasteiger partial charge < -0.3 is 14.7 Å². The van der Waals surface area contributed by atoms with Crippen molar-refractivity contribution >= 4 is 5.91 Å². The van der Waals surface area contributed by atoms with E-state index in [1.54, 1.807) is 11.0 Å². The van der Waals surface area contributed by atoms with Gasteiger partial charge in [0.25, 0.3) is 5.91 Å². The Bertz CT molecular complexity index is 677. The number of halogens is 1. The minimum atomic E-state index is -1.32. The maximum atomic E-state index is 13.8. The highest BCUT2D eigenvalue weighted by Gasteiger charge is 2.36. The van der Waals surface area contributed by atoms with Crippen molar-refractivity contribution in [3.8, 4) is 0 Å². The SMILES string of the molecule is O=C1[C@@H]([C@@H](O)c2ccccc2F)OCCN1Cc1ccccc1. The zero-order valence-corrected chi connectivity index (χ0v) is 12.6. The van der Waals surface area contributed by atoms with Gasteiger partial charge in [-0.25, -0.2) is 4.39 Å². The highest BCUT2D eigenvalue weighted by molar-refractivity contribution is 5.82. The van der Waals surface area contributed by atoms with Gasteiger partial charge in [-0.1, -0.05) is 48.5 Å². The zero-order valence-electron chi connectivity index (χ0n) is 12.6. The molecule has 5 heteroatoms. The third-order valence-electron chi connectivity index (χ3n) is 3.94. The quantitative estimate of drug-likeness (QED) is 0.942. The molecule has 0 bridgehead atoms. The van der Waals surface area contributed by atoms with E-state index in [1.165, 1.54) is 18.2 Å². The summed E-state index contributed by atoms with van der Waals surface area (Å²) in [5.41, 5.74) is 1.08. The third kappa shape index (κ3) is 3.41. The van der Waals surface area contributed by atoms with Crippen molar-refractivity contribution < 1.29 is 19.0 Å². The Labute approximate surface area is 134 Å². The van der Waals surface area contributed by atoms with Crippen molar-refractivity contribution in [1.82, 2.24) is 4.90 Å². The zero-order chi connectivity index (χ0) is 16.2. The second kappa shape index (κ2) is 6.89. The predicted octanol–water partition coefficient (Wildman–Crippen LogP) is 2.29. The molecule has 0 aliphatic carbocycles. The number of benzene rings is 2. The smallest absolute Gasteiger partial charge is 0.255 e. The van der Waals surface area contributed by atoms with Gasteiger partial charge in [-0.3, -0.25) is 4.79 Å². The van der Waals surface area contributed by atoms with Crippen LogP contribution in [0.15, 0.2) is 54.6 Å². The standard InChI is InChI=1S/C18H18FNO3/c19-15-9-5-4-8-14(15)16(21)17-18(22)20(10-11-23-17)12-13-6-2-1-3-7-13/h1-9,16-17,21H,10-12H2/t16-,17+/m0/s1. The van der Waals surface area contributed by atoms with Crippen molar-refractivity contribution in [1.29, 1.82) is 0 Å². The van der Waals surface area contributed by atoms with Crippen LogP contribution in [0.4, 0.5) is 4.39 Å². The van der Waals surface area contributed by atoms with Gasteiger partial charge in [0.2, 0.25) is 0 Å². The van der Waals surface area contributed by atoms with Crippen LogP contribution in [0, 0.1) is 5.82 Å². The first-order valence-corrected chi connectivity index (χ1v) is 7.53. The molecular weight excluding hydrogens is 297 g/mol. The third-order valence-corrected chi connectivity index (χ3v) is 3.94. The number of morpholine rings is 1. The molecule has 1 aliphatic heterocycles. The van der Waals surface area contributed by atoms with Gasteiger partial charge in [0.1, 0.15) is 11.9 Å². The highest BCUT2D eigenvalue weighted by atomic mass is 19.1. The summed E-state index contributed by atoms with van der Waals surface area (Å²) < 4.78 is 19.2. The van der Waals surface area contributed by atoms with Crippen LogP contribution in [0.2, 0.25) is 0 Å². The van der Waals surface area contributed by atoms with E-state index in [2.05, 4.69) is 0 Å². The maximum absolute atomic E-state index is 13.8. The van der Waals surface area contributed by atoms with Crippen molar-refractivity contribution in [2.45, 2.75) is 18.8 Å². The minimum Gasteiger partial charge on any atom is -0.385 e. The Balaban J connectivity index is 1.76. The molecule has 1 saturated heterocycles. The fraction of sp³-hybridized carbons (Fsp3) is 0.278. The van der Waals surface area contributed by atoms with E-state index in [4.69, 9.17) is 4.74 Å². The lowest BCUT2D eigenvalue weighted by Gasteiger charge is -2.34. The van der Waals surface area contributed by atoms with E-state index >= 15 is 0 Å². The number of nitrogens with zero attached hydrogens (tertiary/aromatic N) is 1. The fourth-order valence-corrected chi connectivity index (χ4v) is 2.72. The van der Waals surface area contributed by atoms with Gasteiger partial charge in [0.15, 0.2) is 6.10 Å². The average Bonchev–Trinajstić information content (AvgIpc) is 2.58. The average molecular weight is 315 g/mol. The van der Waals surface area contributed by atoms with Crippen molar-refractivity contribution in [3.05, 3.63) is 71.5 Å². The maximum Gasteiger partial charge on any atom is 0.255 e. The molecule has 2 aromatic carbocycles. The molecule has 0 unspecified atom stereocenters. The molecule has 2 aromatic rings. The van der Waals surface area contributed by atoms with Crippen LogP contribution in [0.5, 0.6) is 0 Å². The van der Waals surface area contributed by atoms with E-state index in [0.29, 0.717) is 19.7 Å². The van der Waals surface area contributed by atoms with Crippen molar-refractivity contribution in [2.24, 2.45) is 0 Å². The molecule has 0 saturated carbocycles. The lowest BCUT2D eigenvalue weighted by atomic mass is 10.0. The number of carbonyl (C=O) groups excluding carboxylic acids is 1. The Hall–Kier alpha value is -2.24. The molecule has 23 heavy (non-hydrogen) atoms. The number of aliphatic hydroxyl groups is 1. The Kier molecular flexibility index (Phi) is 4.69.